The third kappa shape index (κ3) is 2.85. The first-order valence-electron chi connectivity index (χ1n) is 6.64. The fourth-order valence-electron chi connectivity index (χ4n) is 2.90. The molecule has 0 aromatic carbocycles. The van der Waals surface area contributed by atoms with Crippen LogP contribution in [0.3, 0.4) is 0 Å². The third-order valence-corrected chi connectivity index (χ3v) is 3.94. The number of Topliss-reactive ketones (excluding diaryl/α,β-unsaturated/α-hetero) is 1. The summed E-state index contributed by atoms with van der Waals surface area (Å²) in [7, 11) is 0. The molecule has 0 saturated carbocycles. The van der Waals surface area contributed by atoms with Crippen LogP contribution in [0.2, 0.25) is 0 Å². The van der Waals surface area contributed by atoms with E-state index in [-0.39, 0.29) is 5.41 Å². The maximum absolute atomic E-state index is 12.0. The number of carbonyl (C=O) groups excluding carboxylic acids is 1. The van der Waals surface area contributed by atoms with E-state index in [0.29, 0.717) is 23.9 Å². The van der Waals surface area contributed by atoms with Crippen molar-refractivity contribution >= 4 is 5.78 Å². The summed E-state index contributed by atoms with van der Waals surface area (Å²) >= 11 is 0. The van der Waals surface area contributed by atoms with Gasteiger partial charge in [0.2, 0.25) is 0 Å². The van der Waals surface area contributed by atoms with Crippen LogP contribution in [0.15, 0.2) is 0 Å². The van der Waals surface area contributed by atoms with Gasteiger partial charge in [-0.25, -0.2) is 0 Å². The maximum atomic E-state index is 12.0. The van der Waals surface area contributed by atoms with E-state index in [1.807, 2.05) is 20.8 Å². The van der Waals surface area contributed by atoms with Crippen LogP contribution in [0.1, 0.15) is 59.3 Å². The summed E-state index contributed by atoms with van der Waals surface area (Å²) in [5, 5.41) is 0. The number of ketones is 1. The van der Waals surface area contributed by atoms with E-state index in [1.165, 1.54) is 19.3 Å². The predicted molar refractivity (Wildman–Crippen MR) is 64.3 cm³/mol. The molecule has 2 saturated heterocycles. The fraction of sp³-hybridized carbons (Fsp3) is 0.929. The molecule has 2 unspecified atom stereocenters. The molecule has 0 aromatic heterocycles. The topological polar surface area (TPSA) is 26.3 Å². The van der Waals surface area contributed by atoms with Crippen LogP contribution in [0.4, 0.5) is 0 Å². The highest BCUT2D eigenvalue weighted by Gasteiger charge is 2.34. The minimum atomic E-state index is -0.173. The lowest BCUT2D eigenvalue weighted by molar-refractivity contribution is -0.132. The van der Waals surface area contributed by atoms with E-state index >= 15 is 0 Å². The molecule has 2 heterocycles. The zero-order valence-corrected chi connectivity index (χ0v) is 10.8. The summed E-state index contributed by atoms with van der Waals surface area (Å²) in [4.78, 5) is 12.0. The van der Waals surface area contributed by atoms with Crippen LogP contribution < -0.4 is 0 Å². The van der Waals surface area contributed by atoms with Crippen molar-refractivity contribution in [2.75, 3.05) is 0 Å². The molecule has 0 radical (unpaired) electrons. The first-order valence-corrected chi connectivity index (χ1v) is 6.64. The molecule has 2 aliphatic heterocycles. The maximum Gasteiger partial charge on any atom is 0.138 e. The largest absolute Gasteiger partial charge is 0.375 e. The molecule has 2 fully saturated rings. The normalized spacial score (nSPS) is 34.8. The van der Waals surface area contributed by atoms with Crippen LogP contribution in [0.25, 0.3) is 0 Å². The van der Waals surface area contributed by atoms with Gasteiger partial charge in [-0.2, -0.15) is 0 Å². The molecule has 2 rings (SSSR count). The van der Waals surface area contributed by atoms with Gasteiger partial charge in [-0.3, -0.25) is 4.79 Å². The van der Waals surface area contributed by atoms with Crippen LogP contribution in [-0.2, 0) is 9.53 Å². The lowest BCUT2D eigenvalue weighted by Crippen LogP contribution is -2.38. The van der Waals surface area contributed by atoms with Crippen molar-refractivity contribution < 1.29 is 9.53 Å². The van der Waals surface area contributed by atoms with Gasteiger partial charge in [-0.1, -0.05) is 20.8 Å². The average molecular weight is 224 g/mol. The second-order valence-corrected chi connectivity index (χ2v) is 6.53. The highest BCUT2D eigenvalue weighted by atomic mass is 16.5. The van der Waals surface area contributed by atoms with E-state index in [4.69, 9.17) is 4.74 Å². The predicted octanol–water partition coefficient (Wildman–Crippen LogP) is 3.34. The van der Waals surface area contributed by atoms with Crippen molar-refractivity contribution in [2.24, 2.45) is 11.3 Å². The van der Waals surface area contributed by atoms with Gasteiger partial charge < -0.3 is 4.74 Å². The third-order valence-electron chi connectivity index (χ3n) is 3.94. The second-order valence-electron chi connectivity index (χ2n) is 6.53. The van der Waals surface area contributed by atoms with E-state index in [9.17, 15) is 4.79 Å². The first kappa shape index (κ1) is 12.1. The van der Waals surface area contributed by atoms with Crippen molar-refractivity contribution in [1.82, 2.24) is 0 Å². The number of hydrogen-bond donors (Lipinski definition) is 0. The zero-order chi connectivity index (χ0) is 11.8. The molecule has 2 aliphatic rings. The Bertz CT molecular complexity index is 252. The monoisotopic (exact) mass is 224 g/mol. The van der Waals surface area contributed by atoms with E-state index in [0.717, 1.165) is 19.3 Å². The summed E-state index contributed by atoms with van der Waals surface area (Å²) in [6.07, 6.45) is 7.61. The summed E-state index contributed by atoms with van der Waals surface area (Å²) in [6.45, 7) is 6.07. The Morgan fingerprint density at radius 3 is 2.25 bits per heavy atom. The number of carbonyl (C=O) groups is 1. The molecule has 92 valence electrons. The zero-order valence-electron chi connectivity index (χ0n) is 10.8. The number of fused-ring (bicyclic) bond motifs is 2. The quantitative estimate of drug-likeness (QED) is 0.719. The van der Waals surface area contributed by atoms with E-state index < -0.39 is 0 Å². The molecule has 2 bridgehead atoms. The summed E-state index contributed by atoms with van der Waals surface area (Å²) in [6, 6.07) is 0. The molecular weight excluding hydrogens is 200 g/mol. The van der Waals surface area contributed by atoms with Gasteiger partial charge in [0.1, 0.15) is 5.78 Å². The smallest absolute Gasteiger partial charge is 0.138 e. The minimum absolute atomic E-state index is 0.173. The Morgan fingerprint density at radius 1 is 1.19 bits per heavy atom. The lowest BCUT2D eigenvalue weighted by atomic mass is 9.78. The van der Waals surface area contributed by atoms with Crippen molar-refractivity contribution in [3.63, 3.8) is 0 Å². The van der Waals surface area contributed by atoms with E-state index in [1.54, 1.807) is 0 Å². The molecule has 0 N–H and O–H groups in total. The molecule has 0 spiro atoms. The Kier molecular flexibility index (Phi) is 3.39. The molecule has 16 heavy (non-hydrogen) atoms. The summed E-state index contributed by atoms with van der Waals surface area (Å²) < 4.78 is 5.91. The van der Waals surface area contributed by atoms with Gasteiger partial charge in [-0.15, -0.1) is 0 Å². The van der Waals surface area contributed by atoms with E-state index in [2.05, 4.69) is 0 Å². The van der Waals surface area contributed by atoms with Crippen molar-refractivity contribution in [2.45, 2.75) is 71.5 Å². The van der Waals surface area contributed by atoms with Crippen molar-refractivity contribution in [3.8, 4) is 0 Å². The molecule has 2 heteroatoms. The van der Waals surface area contributed by atoms with Gasteiger partial charge in [0.25, 0.3) is 0 Å². The number of hydrogen-bond acceptors (Lipinski definition) is 2. The van der Waals surface area contributed by atoms with Crippen molar-refractivity contribution in [1.29, 1.82) is 0 Å². The Hall–Kier alpha value is -0.370. The summed E-state index contributed by atoms with van der Waals surface area (Å²) in [5.41, 5.74) is -0.173. The van der Waals surface area contributed by atoms with Crippen LogP contribution in [-0.4, -0.2) is 18.0 Å². The highest BCUT2D eigenvalue weighted by molar-refractivity contribution is 5.83. The Morgan fingerprint density at radius 2 is 1.75 bits per heavy atom. The summed E-state index contributed by atoms with van der Waals surface area (Å²) in [5.74, 6) is 0.994. The van der Waals surface area contributed by atoms with Gasteiger partial charge in [0, 0.05) is 11.8 Å². The second kappa shape index (κ2) is 4.48. The standard InChI is InChI=1S/C14H24O2/c1-14(2,3)13(15)9-10-7-11-5-4-6-12(8-10)16-11/h10-12H,4-9H2,1-3H3. The fourth-order valence-corrected chi connectivity index (χ4v) is 2.90. The van der Waals surface area contributed by atoms with Crippen molar-refractivity contribution in [3.05, 3.63) is 0 Å². The lowest BCUT2D eigenvalue weighted by Gasteiger charge is -2.39. The van der Waals surface area contributed by atoms with Crippen LogP contribution in [0.5, 0.6) is 0 Å². The average Bonchev–Trinajstić information content (AvgIpc) is 2.15. The molecular formula is C14H24O2. The molecule has 0 aliphatic carbocycles. The number of ether oxygens (including phenoxy) is 1. The molecule has 2 nitrogen and oxygen atoms in total. The minimum Gasteiger partial charge on any atom is -0.375 e. The van der Waals surface area contributed by atoms with Crippen LogP contribution >= 0.6 is 0 Å². The number of rotatable bonds is 2. The Balaban J connectivity index is 1.89. The first-order chi connectivity index (χ1) is 7.45. The van der Waals surface area contributed by atoms with Gasteiger partial charge in [-0.05, 0) is 38.0 Å². The van der Waals surface area contributed by atoms with Gasteiger partial charge in [0.15, 0.2) is 0 Å². The van der Waals surface area contributed by atoms with Crippen LogP contribution in [0, 0.1) is 11.3 Å². The van der Waals surface area contributed by atoms with Gasteiger partial charge in [0.05, 0.1) is 12.2 Å². The molecule has 0 amide bonds. The SMILES string of the molecule is CC(C)(C)C(=O)CC1CC2CCCC(C1)O2. The highest BCUT2D eigenvalue weighted by Crippen LogP contribution is 2.37. The molecule has 2 atom stereocenters. The Labute approximate surface area is 98.7 Å². The van der Waals surface area contributed by atoms with Gasteiger partial charge >= 0.3 is 0 Å². The molecule has 0 aromatic rings.